The summed E-state index contributed by atoms with van der Waals surface area (Å²) in [5.41, 5.74) is 6.65. The normalized spacial score (nSPS) is 12.4. The van der Waals surface area contributed by atoms with Gasteiger partial charge >= 0.3 is 0 Å². The molecule has 18 heavy (non-hydrogen) atoms. The second kappa shape index (κ2) is 5.50. The highest BCUT2D eigenvalue weighted by atomic mass is 32.2. The molecule has 2 aromatic rings. The largest absolute Gasteiger partial charge is 0.320 e. The lowest BCUT2D eigenvalue weighted by atomic mass is 9.98. The smallest absolute Gasteiger partial charge is 0.131 e. The Labute approximate surface area is 109 Å². The zero-order valence-electron chi connectivity index (χ0n) is 9.86. The van der Waals surface area contributed by atoms with E-state index in [2.05, 4.69) is 0 Å². The molecule has 0 fully saturated rings. The van der Waals surface area contributed by atoms with Gasteiger partial charge in [0.2, 0.25) is 0 Å². The Bertz CT molecular complexity index is 537. The molecular formula is C14H13F2NS. The fourth-order valence-electron chi connectivity index (χ4n) is 1.89. The van der Waals surface area contributed by atoms with Gasteiger partial charge in [-0.05, 0) is 30.0 Å². The molecule has 2 aromatic carbocycles. The van der Waals surface area contributed by atoms with E-state index < -0.39 is 17.7 Å². The maximum Gasteiger partial charge on any atom is 0.131 e. The van der Waals surface area contributed by atoms with Crippen LogP contribution in [-0.4, -0.2) is 6.26 Å². The average molecular weight is 265 g/mol. The Morgan fingerprint density at radius 2 is 1.61 bits per heavy atom. The van der Waals surface area contributed by atoms with Crippen LogP contribution in [0.4, 0.5) is 8.78 Å². The molecular weight excluding hydrogens is 252 g/mol. The van der Waals surface area contributed by atoms with Gasteiger partial charge in [-0.25, -0.2) is 8.78 Å². The number of benzene rings is 2. The van der Waals surface area contributed by atoms with Crippen molar-refractivity contribution in [3.8, 4) is 0 Å². The van der Waals surface area contributed by atoms with Crippen LogP contribution in [0.5, 0.6) is 0 Å². The van der Waals surface area contributed by atoms with Gasteiger partial charge < -0.3 is 5.73 Å². The van der Waals surface area contributed by atoms with Crippen LogP contribution >= 0.6 is 11.8 Å². The van der Waals surface area contributed by atoms with Crippen LogP contribution in [-0.2, 0) is 0 Å². The number of rotatable bonds is 3. The van der Waals surface area contributed by atoms with E-state index >= 15 is 0 Å². The third-order valence-electron chi connectivity index (χ3n) is 2.78. The van der Waals surface area contributed by atoms with Crippen molar-refractivity contribution < 1.29 is 8.78 Å². The quantitative estimate of drug-likeness (QED) is 0.856. The fraction of sp³-hybridized carbons (Fsp3) is 0.143. The van der Waals surface area contributed by atoms with Crippen LogP contribution in [0.3, 0.4) is 0 Å². The first-order valence-electron chi connectivity index (χ1n) is 5.47. The summed E-state index contributed by atoms with van der Waals surface area (Å²) in [7, 11) is 0. The first-order valence-corrected chi connectivity index (χ1v) is 6.70. The number of halogens is 2. The lowest BCUT2D eigenvalue weighted by Gasteiger charge is -2.17. The zero-order valence-corrected chi connectivity index (χ0v) is 10.7. The highest BCUT2D eigenvalue weighted by Crippen LogP contribution is 2.30. The van der Waals surface area contributed by atoms with E-state index in [-0.39, 0.29) is 5.56 Å². The van der Waals surface area contributed by atoms with Crippen molar-refractivity contribution in [2.24, 2.45) is 5.73 Å². The standard InChI is InChI=1S/C14H13F2NS/c1-18-12-8-3-2-5-9(12)14(17)13-10(15)6-4-7-11(13)16/h2-8,14H,17H2,1H3. The fourth-order valence-corrected chi connectivity index (χ4v) is 2.53. The summed E-state index contributed by atoms with van der Waals surface area (Å²) < 4.78 is 27.4. The molecule has 1 atom stereocenters. The summed E-state index contributed by atoms with van der Waals surface area (Å²) in [4.78, 5) is 0.924. The van der Waals surface area contributed by atoms with E-state index in [1.807, 2.05) is 24.5 Å². The molecule has 0 heterocycles. The lowest BCUT2D eigenvalue weighted by molar-refractivity contribution is 0.542. The van der Waals surface area contributed by atoms with Gasteiger partial charge in [-0.2, -0.15) is 0 Å². The highest BCUT2D eigenvalue weighted by Gasteiger charge is 2.19. The summed E-state index contributed by atoms with van der Waals surface area (Å²) in [6, 6.07) is 10.4. The molecule has 94 valence electrons. The third-order valence-corrected chi connectivity index (χ3v) is 3.60. The minimum absolute atomic E-state index is 0.0843. The Kier molecular flexibility index (Phi) is 3.99. The predicted octanol–water partition coefficient (Wildman–Crippen LogP) is 3.73. The molecule has 4 heteroatoms. The van der Waals surface area contributed by atoms with Crippen LogP contribution in [0.1, 0.15) is 17.2 Å². The topological polar surface area (TPSA) is 26.0 Å². The number of thioether (sulfide) groups is 1. The van der Waals surface area contributed by atoms with E-state index in [0.29, 0.717) is 0 Å². The number of hydrogen-bond donors (Lipinski definition) is 1. The lowest BCUT2D eigenvalue weighted by Crippen LogP contribution is -2.16. The molecule has 0 amide bonds. The molecule has 0 aliphatic rings. The average Bonchev–Trinajstić information content (AvgIpc) is 2.38. The molecule has 2 N–H and O–H groups in total. The van der Waals surface area contributed by atoms with Crippen LogP contribution < -0.4 is 5.73 Å². The summed E-state index contributed by atoms with van der Waals surface area (Å²) in [5.74, 6) is -1.23. The van der Waals surface area contributed by atoms with Gasteiger partial charge in [-0.3, -0.25) is 0 Å². The molecule has 2 rings (SSSR count). The van der Waals surface area contributed by atoms with Gasteiger partial charge in [0.05, 0.1) is 6.04 Å². The number of hydrogen-bond acceptors (Lipinski definition) is 2. The summed E-state index contributed by atoms with van der Waals surface area (Å²) in [6.07, 6.45) is 1.91. The zero-order chi connectivity index (χ0) is 13.1. The predicted molar refractivity (Wildman–Crippen MR) is 70.6 cm³/mol. The van der Waals surface area contributed by atoms with Gasteiger partial charge in [0.1, 0.15) is 11.6 Å². The van der Waals surface area contributed by atoms with Crippen molar-refractivity contribution in [1.82, 2.24) is 0 Å². The van der Waals surface area contributed by atoms with E-state index in [4.69, 9.17) is 5.73 Å². The third kappa shape index (κ3) is 2.40. The van der Waals surface area contributed by atoms with E-state index in [9.17, 15) is 8.78 Å². The molecule has 0 saturated carbocycles. The summed E-state index contributed by atoms with van der Waals surface area (Å²) >= 11 is 1.51. The van der Waals surface area contributed by atoms with Crippen molar-refractivity contribution in [2.75, 3.05) is 6.26 Å². The molecule has 0 aliphatic carbocycles. The van der Waals surface area contributed by atoms with Gasteiger partial charge in [-0.1, -0.05) is 24.3 Å². The van der Waals surface area contributed by atoms with Gasteiger partial charge in [0.15, 0.2) is 0 Å². The maximum atomic E-state index is 13.7. The van der Waals surface area contributed by atoms with Crippen molar-refractivity contribution >= 4 is 11.8 Å². The highest BCUT2D eigenvalue weighted by molar-refractivity contribution is 7.98. The van der Waals surface area contributed by atoms with Crippen molar-refractivity contribution in [3.63, 3.8) is 0 Å². The Morgan fingerprint density at radius 1 is 1.00 bits per heavy atom. The minimum Gasteiger partial charge on any atom is -0.320 e. The van der Waals surface area contributed by atoms with Crippen molar-refractivity contribution in [1.29, 1.82) is 0 Å². The summed E-state index contributed by atoms with van der Waals surface area (Å²) in [6.45, 7) is 0. The van der Waals surface area contributed by atoms with Crippen LogP contribution in [0, 0.1) is 11.6 Å². The van der Waals surface area contributed by atoms with E-state index in [0.717, 1.165) is 10.5 Å². The van der Waals surface area contributed by atoms with Gasteiger partial charge in [0, 0.05) is 10.5 Å². The van der Waals surface area contributed by atoms with Crippen LogP contribution in [0.15, 0.2) is 47.4 Å². The van der Waals surface area contributed by atoms with Crippen LogP contribution in [0.2, 0.25) is 0 Å². The summed E-state index contributed by atoms with van der Waals surface area (Å²) in [5, 5.41) is 0. The van der Waals surface area contributed by atoms with Gasteiger partial charge in [-0.15, -0.1) is 11.8 Å². The first kappa shape index (κ1) is 13.1. The molecule has 0 radical (unpaired) electrons. The maximum absolute atomic E-state index is 13.7. The van der Waals surface area contributed by atoms with E-state index in [1.165, 1.54) is 30.0 Å². The monoisotopic (exact) mass is 265 g/mol. The molecule has 0 aromatic heterocycles. The molecule has 0 saturated heterocycles. The Balaban J connectivity index is 2.51. The van der Waals surface area contributed by atoms with E-state index in [1.54, 1.807) is 6.07 Å². The first-order chi connectivity index (χ1) is 8.65. The van der Waals surface area contributed by atoms with Crippen molar-refractivity contribution in [3.05, 3.63) is 65.2 Å². The number of nitrogens with two attached hydrogens (primary N) is 1. The molecule has 0 spiro atoms. The Hall–Kier alpha value is -1.39. The molecule has 0 bridgehead atoms. The SMILES string of the molecule is CSc1ccccc1C(N)c1c(F)cccc1F. The minimum atomic E-state index is -0.796. The van der Waals surface area contributed by atoms with Crippen molar-refractivity contribution in [2.45, 2.75) is 10.9 Å². The molecule has 0 aliphatic heterocycles. The van der Waals surface area contributed by atoms with Gasteiger partial charge in [0.25, 0.3) is 0 Å². The van der Waals surface area contributed by atoms with Crippen LogP contribution in [0.25, 0.3) is 0 Å². The second-order valence-corrected chi connectivity index (χ2v) is 4.70. The molecule has 1 unspecified atom stereocenters. The molecule has 1 nitrogen and oxygen atoms in total. The Morgan fingerprint density at radius 3 is 2.22 bits per heavy atom. The second-order valence-electron chi connectivity index (χ2n) is 3.85.